The van der Waals surface area contributed by atoms with Crippen molar-refractivity contribution in [3.8, 4) is 11.3 Å². The Hall–Kier alpha value is -2.32. The third-order valence-corrected chi connectivity index (χ3v) is 2.00. The Morgan fingerprint density at radius 1 is 1.07 bits per heavy atom. The van der Waals surface area contributed by atoms with Gasteiger partial charge in [-0.15, -0.1) is 0 Å². The number of rotatable bonds is 2. The first-order valence-electron chi connectivity index (χ1n) is 4.47. The molecule has 0 aliphatic rings. The Morgan fingerprint density at radius 3 is 2.60 bits per heavy atom. The summed E-state index contributed by atoms with van der Waals surface area (Å²) in [5.74, 6) is 0. The van der Waals surface area contributed by atoms with Crippen LogP contribution in [0.3, 0.4) is 0 Å². The third kappa shape index (κ3) is 1.95. The second kappa shape index (κ2) is 4.26. The van der Waals surface area contributed by atoms with Crippen molar-refractivity contribution < 1.29 is 0 Å². The standard InChI is InChI=1S/C11H8N4/c12-15-14-11-7-2-1-5-9(11)10-6-3-4-8-13-10/h1-8H. The normalized spacial score (nSPS) is 9.33. The molecule has 1 heterocycles. The van der Waals surface area contributed by atoms with Crippen LogP contribution >= 0.6 is 0 Å². The number of benzene rings is 1. The van der Waals surface area contributed by atoms with Gasteiger partial charge in [-0.3, -0.25) is 4.98 Å². The van der Waals surface area contributed by atoms with Gasteiger partial charge in [0, 0.05) is 22.4 Å². The van der Waals surface area contributed by atoms with Gasteiger partial charge in [0.05, 0.1) is 5.69 Å². The summed E-state index contributed by atoms with van der Waals surface area (Å²) in [6.07, 6.45) is 1.71. The van der Waals surface area contributed by atoms with E-state index in [1.54, 1.807) is 12.3 Å². The van der Waals surface area contributed by atoms with Crippen molar-refractivity contribution in [2.75, 3.05) is 0 Å². The van der Waals surface area contributed by atoms with E-state index in [1.165, 1.54) is 0 Å². The molecule has 0 spiro atoms. The van der Waals surface area contributed by atoms with Gasteiger partial charge >= 0.3 is 0 Å². The van der Waals surface area contributed by atoms with Gasteiger partial charge in [0.2, 0.25) is 0 Å². The number of azide groups is 1. The van der Waals surface area contributed by atoms with Gasteiger partial charge < -0.3 is 0 Å². The molecule has 0 fully saturated rings. The molecule has 1 aromatic carbocycles. The lowest BCUT2D eigenvalue weighted by Crippen LogP contribution is -1.81. The van der Waals surface area contributed by atoms with E-state index >= 15 is 0 Å². The summed E-state index contributed by atoms with van der Waals surface area (Å²) < 4.78 is 0. The maximum atomic E-state index is 8.43. The van der Waals surface area contributed by atoms with Crippen molar-refractivity contribution in [1.82, 2.24) is 4.98 Å². The van der Waals surface area contributed by atoms with Crippen LogP contribution in [0.15, 0.2) is 53.8 Å². The van der Waals surface area contributed by atoms with E-state index in [4.69, 9.17) is 5.53 Å². The molecular weight excluding hydrogens is 188 g/mol. The number of hydrogen-bond acceptors (Lipinski definition) is 2. The SMILES string of the molecule is [N-]=[N+]=Nc1ccccc1-c1ccccn1. The first-order chi connectivity index (χ1) is 7.42. The van der Waals surface area contributed by atoms with Crippen LogP contribution in [-0.2, 0) is 0 Å². The maximum absolute atomic E-state index is 8.43. The van der Waals surface area contributed by atoms with Crippen LogP contribution in [0.25, 0.3) is 21.7 Å². The maximum Gasteiger partial charge on any atom is 0.0706 e. The van der Waals surface area contributed by atoms with Gasteiger partial charge in [0.15, 0.2) is 0 Å². The topological polar surface area (TPSA) is 61.7 Å². The van der Waals surface area contributed by atoms with Crippen molar-refractivity contribution in [2.24, 2.45) is 5.11 Å². The van der Waals surface area contributed by atoms with Crippen molar-refractivity contribution in [3.63, 3.8) is 0 Å². The molecule has 4 nitrogen and oxygen atoms in total. The third-order valence-electron chi connectivity index (χ3n) is 2.00. The number of nitrogens with zero attached hydrogens (tertiary/aromatic N) is 4. The lowest BCUT2D eigenvalue weighted by Gasteiger charge is -2.02. The van der Waals surface area contributed by atoms with Gasteiger partial charge in [-0.2, -0.15) is 0 Å². The highest BCUT2D eigenvalue weighted by atomic mass is 15.1. The van der Waals surface area contributed by atoms with Crippen LogP contribution in [0.1, 0.15) is 0 Å². The molecule has 0 radical (unpaired) electrons. The average molecular weight is 196 g/mol. The van der Waals surface area contributed by atoms with Crippen molar-refractivity contribution >= 4 is 5.69 Å². The lowest BCUT2D eigenvalue weighted by atomic mass is 10.1. The van der Waals surface area contributed by atoms with Crippen molar-refractivity contribution in [1.29, 1.82) is 0 Å². The molecule has 0 bridgehead atoms. The van der Waals surface area contributed by atoms with Gasteiger partial charge in [-0.05, 0) is 17.7 Å². The van der Waals surface area contributed by atoms with Gasteiger partial charge in [0.1, 0.15) is 0 Å². The fraction of sp³-hybridized carbons (Fsp3) is 0. The highest BCUT2D eigenvalue weighted by Crippen LogP contribution is 2.28. The minimum atomic E-state index is 0.596. The molecule has 0 atom stereocenters. The van der Waals surface area contributed by atoms with Crippen LogP contribution in [0, 0.1) is 0 Å². The lowest BCUT2D eigenvalue weighted by molar-refractivity contribution is 1.32. The van der Waals surface area contributed by atoms with Crippen molar-refractivity contribution in [3.05, 3.63) is 59.1 Å². The second-order valence-corrected chi connectivity index (χ2v) is 2.92. The zero-order chi connectivity index (χ0) is 10.5. The monoisotopic (exact) mass is 196 g/mol. The summed E-state index contributed by atoms with van der Waals surface area (Å²) in [5.41, 5.74) is 10.7. The summed E-state index contributed by atoms with van der Waals surface area (Å²) in [4.78, 5) is 7.00. The molecule has 0 unspecified atom stereocenters. The molecular formula is C11H8N4. The van der Waals surface area contributed by atoms with Crippen LogP contribution in [0.2, 0.25) is 0 Å². The fourth-order valence-corrected chi connectivity index (χ4v) is 1.35. The van der Waals surface area contributed by atoms with E-state index in [0.717, 1.165) is 11.3 Å². The Bertz CT molecular complexity index is 501. The van der Waals surface area contributed by atoms with E-state index in [-0.39, 0.29) is 0 Å². The number of aromatic nitrogens is 1. The summed E-state index contributed by atoms with van der Waals surface area (Å²) in [5, 5.41) is 3.62. The highest BCUT2D eigenvalue weighted by molar-refractivity contribution is 5.72. The van der Waals surface area contributed by atoms with E-state index in [1.807, 2.05) is 36.4 Å². The molecule has 0 aliphatic carbocycles. The minimum Gasteiger partial charge on any atom is -0.256 e. The quantitative estimate of drug-likeness (QED) is 0.410. The Labute approximate surface area is 86.8 Å². The Morgan fingerprint density at radius 2 is 1.87 bits per heavy atom. The van der Waals surface area contributed by atoms with E-state index in [2.05, 4.69) is 15.0 Å². The number of hydrogen-bond donors (Lipinski definition) is 0. The molecule has 0 saturated heterocycles. The Balaban J connectivity index is 2.58. The summed E-state index contributed by atoms with van der Waals surface area (Å²) in [6.45, 7) is 0. The van der Waals surface area contributed by atoms with Gasteiger partial charge in [-0.25, -0.2) is 0 Å². The fourth-order valence-electron chi connectivity index (χ4n) is 1.35. The smallest absolute Gasteiger partial charge is 0.0706 e. The van der Waals surface area contributed by atoms with Crippen LogP contribution in [0.4, 0.5) is 5.69 Å². The predicted molar refractivity (Wildman–Crippen MR) is 58.5 cm³/mol. The minimum absolute atomic E-state index is 0.596. The Kier molecular flexibility index (Phi) is 2.63. The van der Waals surface area contributed by atoms with Gasteiger partial charge in [0.25, 0.3) is 0 Å². The zero-order valence-corrected chi connectivity index (χ0v) is 7.91. The molecule has 72 valence electrons. The molecule has 1 aromatic heterocycles. The van der Waals surface area contributed by atoms with E-state index in [0.29, 0.717) is 5.69 Å². The first-order valence-corrected chi connectivity index (χ1v) is 4.47. The van der Waals surface area contributed by atoms with E-state index in [9.17, 15) is 0 Å². The van der Waals surface area contributed by atoms with Crippen LogP contribution in [0.5, 0.6) is 0 Å². The molecule has 0 N–H and O–H groups in total. The first kappa shape index (κ1) is 9.24. The molecule has 2 rings (SSSR count). The van der Waals surface area contributed by atoms with Crippen molar-refractivity contribution in [2.45, 2.75) is 0 Å². The average Bonchev–Trinajstić information content (AvgIpc) is 2.31. The zero-order valence-electron chi connectivity index (χ0n) is 7.91. The van der Waals surface area contributed by atoms with Crippen LogP contribution in [-0.4, -0.2) is 4.98 Å². The summed E-state index contributed by atoms with van der Waals surface area (Å²) >= 11 is 0. The predicted octanol–water partition coefficient (Wildman–Crippen LogP) is 3.69. The largest absolute Gasteiger partial charge is 0.256 e. The molecule has 15 heavy (non-hydrogen) atoms. The number of pyridine rings is 1. The van der Waals surface area contributed by atoms with E-state index < -0.39 is 0 Å². The van der Waals surface area contributed by atoms with Crippen LogP contribution < -0.4 is 0 Å². The van der Waals surface area contributed by atoms with Gasteiger partial charge in [-0.1, -0.05) is 35.4 Å². The molecule has 0 amide bonds. The second-order valence-electron chi connectivity index (χ2n) is 2.92. The molecule has 4 heteroatoms. The summed E-state index contributed by atoms with van der Waals surface area (Å²) in [6, 6.07) is 13.0. The molecule has 0 aliphatic heterocycles. The molecule has 0 saturated carbocycles. The molecule has 2 aromatic rings. The highest BCUT2D eigenvalue weighted by Gasteiger charge is 2.02. The summed E-state index contributed by atoms with van der Waals surface area (Å²) in [7, 11) is 0.